The summed E-state index contributed by atoms with van der Waals surface area (Å²) in [7, 11) is 0. The van der Waals surface area contributed by atoms with Gasteiger partial charge in [0, 0.05) is 6.07 Å². The number of rotatable bonds is 2. The minimum atomic E-state index is -0.786. The maximum Gasteiger partial charge on any atom is 0.346 e. The standard InChI is InChI=1S/C13H7Cl2FO2/c14-10-6-5-8(7-11(10)15)18-13(17)9-3-1-2-4-12(9)16/h1-7H. The van der Waals surface area contributed by atoms with E-state index in [1.807, 2.05) is 0 Å². The molecule has 0 amide bonds. The van der Waals surface area contributed by atoms with Gasteiger partial charge >= 0.3 is 5.97 Å². The number of hydrogen-bond donors (Lipinski definition) is 0. The topological polar surface area (TPSA) is 26.3 Å². The van der Waals surface area contributed by atoms with Crippen LogP contribution in [0.3, 0.4) is 0 Å². The van der Waals surface area contributed by atoms with Crippen molar-refractivity contribution in [2.75, 3.05) is 0 Å². The van der Waals surface area contributed by atoms with Gasteiger partial charge in [0.1, 0.15) is 11.6 Å². The van der Waals surface area contributed by atoms with E-state index in [1.165, 1.54) is 36.4 Å². The second kappa shape index (κ2) is 5.38. The third-order valence-corrected chi connectivity index (χ3v) is 2.93. The van der Waals surface area contributed by atoms with Gasteiger partial charge in [-0.05, 0) is 24.3 Å². The van der Waals surface area contributed by atoms with Gasteiger partial charge in [0.25, 0.3) is 0 Å². The lowest BCUT2D eigenvalue weighted by Crippen LogP contribution is -2.10. The average Bonchev–Trinajstić information content (AvgIpc) is 2.34. The van der Waals surface area contributed by atoms with Crippen LogP contribution in [0.4, 0.5) is 4.39 Å². The maximum absolute atomic E-state index is 13.3. The van der Waals surface area contributed by atoms with Crippen LogP contribution in [-0.2, 0) is 0 Å². The Labute approximate surface area is 113 Å². The van der Waals surface area contributed by atoms with Crippen LogP contribution in [0, 0.1) is 5.82 Å². The molecule has 0 atom stereocenters. The van der Waals surface area contributed by atoms with Crippen molar-refractivity contribution in [2.24, 2.45) is 0 Å². The summed E-state index contributed by atoms with van der Waals surface area (Å²) in [6.07, 6.45) is 0. The first-order chi connectivity index (χ1) is 8.58. The van der Waals surface area contributed by atoms with Crippen LogP contribution in [0.1, 0.15) is 10.4 Å². The van der Waals surface area contributed by atoms with E-state index in [4.69, 9.17) is 27.9 Å². The van der Waals surface area contributed by atoms with Gasteiger partial charge in [-0.25, -0.2) is 9.18 Å². The Morgan fingerprint density at radius 2 is 1.78 bits per heavy atom. The van der Waals surface area contributed by atoms with E-state index in [-0.39, 0.29) is 16.3 Å². The highest BCUT2D eigenvalue weighted by Gasteiger charge is 2.13. The normalized spacial score (nSPS) is 10.2. The summed E-state index contributed by atoms with van der Waals surface area (Å²) in [5.41, 5.74) is -0.136. The van der Waals surface area contributed by atoms with Crippen LogP contribution in [0.25, 0.3) is 0 Å². The second-order valence-corrected chi connectivity index (χ2v) is 4.26. The lowest BCUT2D eigenvalue weighted by atomic mass is 10.2. The monoisotopic (exact) mass is 284 g/mol. The molecular formula is C13H7Cl2FO2. The van der Waals surface area contributed by atoms with Gasteiger partial charge in [0.15, 0.2) is 0 Å². The van der Waals surface area contributed by atoms with Crippen molar-refractivity contribution >= 4 is 29.2 Å². The number of halogens is 3. The third kappa shape index (κ3) is 2.81. The van der Waals surface area contributed by atoms with Crippen molar-refractivity contribution in [1.82, 2.24) is 0 Å². The fourth-order valence-corrected chi connectivity index (χ4v) is 1.62. The van der Waals surface area contributed by atoms with Gasteiger partial charge < -0.3 is 4.74 Å². The molecule has 2 aromatic carbocycles. The first-order valence-corrected chi connectivity index (χ1v) is 5.75. The van der Waals surface area contributed by atoms with E-state index >= 15 is 0 Å². The Bertz CT molecular complexity index is 599. The molecular weight excluding hydrogens is 278 g/mol. The smallest absolute Gasteiger partial charge is 0.346 e. The van der Waals surface area contributed by atoms with Crippen LogP contribution < -0.4 is 4.74 Å². The molecule has 0 fully saturated rings. The minimum absolute atomic E-state index is 0.136. The molecule has 0 N–H and O–H groups in total. The molecule has 0 radical (unpaired) electrons. The molecule has 5 heteroatoms. The Morgan fingerprint density at radius 1 is 1.06 bits per heavy atom. The minimum Gasteiger partial charge on any atom is -0.423 e. The summed E-state index contributed by atoms with van der Waals surface area (Å²) in [5, 5.41) is 0.609. The molecule has 0 unspecified atom stereocenters. The molecule has 0 bridgehead atoms. The Hall–Kier alpha value is -1.58. The van der Waals surface area contributed by atoms with Crippen LogP contribution in [-0.4, -0.2) is 5.97 Å². The number of hydrogen-bond acceptors (Lipinski definition) is 2. The lowest BCUT2D eigenvalue weighted by molar-refractivity contribution is 0.0730. The van der Waals surface area contributed by atoms with E-state index in [0.29, 0.717) is 5.02 Å². The zero-order valence-electron chi connectivity index (χ0n) is 8.99. The van der Waals surface area contributed by atoms with Gasteiger partial charge in [-0.1, -0.05) is 35.3 Å². The number of ether oxygens (including phenoxy) is 1. The zero-order valence-corrected chi connectivity index (χ0v) is 10.5. The van der Waals surface area contributed by atoms with Gasteiger partial charge in [0.05, 0.1) is 15.6 Å². The van der Waals surface area contributed by atoms with E-state index in [0.717, 1.165) is 0 Å². The number of carbonyl (C=O) groups excluding carboxylic acids is 1. The highest BCUT2D eigenvalue weighted by Crippen LogP contribution is 2.26. The molecule has 0 aromatic heterocycles. The summed E-state index contributed by atoms with van der Waals surface area (Å²) < 4.78 is 18.3. The molecule has 0 saturated heterocycles. The molecule has 0 spiro atoms. The first-order valence-electron chi connectivity index (χ1n) is 4.99. The second-order valence-electron chi connectivity index (χ2n) is 3.45. The molecule has 0 aliphatic heterocycles. The van der Waals surface area contributed by atoms with Crippen molar-refractivity contribution in [3.8, 4) is 5.75 Å². The lowest BCUT2D eigenvalue weighted by Gasteiger charge is -2.05. The largest absolute Gasteiger partial charge is 0.423 e. The molecule has 0 aliphatic carbocycles. The molecule has 92 valence electrons. The molecule has 2 rings (SSSR count). The average molecular weight is 285 g/mol. The van der Waals surface area contributed by atoms with E-state index in [2.05, 4.69) is 0 Å². The van der Waals surface area contributed by atoms with E-state index in [9.17, 15) is 9.18 Å². The summed E-state index contributed by atoms with van der Waals surface area (Å²) >= 11 is 11.5. The van der Waals surface area contributed by atoms with Crippen molar-refractivity contribution in [3.05, 3.63) is 63.9 Å². The van der Waals surface area contributed by atoms with Crippen LogP contribution in [0.15, 0.2) is 42.5 Å². The summed E-state index contributed by atoms with van der Waals surface area (Å²) in [5.74, 6) is -1.22. The quantitative estimate of drug-likeness (QED) is 0.605. The highest BCUT2D eigenvalue weighted by molar-refractivity contribution is 6.42. The molecule has 2 aromatic rings. The van der Waals surface area contributed by atoms with E-state index < -0.39 is 11.8 Å². The maximum atomic E-state index is 13.3. The van der Waals surface area contributed by atoms with Crippen molar-refractivity contribution in [2.45, 2.75) is 0 Å². The molecule has 0 saturated carbocycles. The molecule has 2 nitrogen and oxygen atoms in total. The van der Waals surface area contributed by atoms with E-state index in [1.54, 1.807) is 6.07 Å². The number of benzene rings is 2. The summed E-state index contributed by atoms with van der Waals surface area (Å²) in [4.78, 5) is 11.7. The van der Waals surface area contributed by atoms with Gasteiger partial charge in [-0.3, -0.25) is 0 Å². The Balaban J connectivity index is 2.22. The molecule has 18 heavy (non-hydrogen) atoms. The Kier molecular flexibility index (Phi) is 3.84. The van der Waals surface area contributed by atoms with Crippen molar-refractivity contribution in [1.29, 1.82) is 0 Å². The summed E-state index contributed by atoms with van der Waals surface area (Å²) in [6.45, 7) is 0. The van der Waals surface area contributed by atoms with Gasteiger partial charge in [0.2, 0.25) is 0 Å². The number of esters is 1. The zero-order chi connectivity index (χ0) is 13.1. The predicted molar refractivity (Wildman–Crippen MR) is 67.8 cm³/mol. The predicted octanol–water partition coefficient (Wildman–Crippen LogP) is 4.35. The van der Waals surface area contributed by atoms with Crippen molar-refractivity contribution in [3.63, 3.8) is 0 Å². The highest BCUT2D eigenvalue weighted by atomic mass is 35.5. The fourth-order valence-electron chi connectivity index (χ4n) is 1.33. The molecule has 0 aliphatic rings. The van der Waals surface area contributed by atoms with Crippen LogP contribution in [0.2, 0.25) is 10.0 Å². The molecule has 0 heterocycles. The fraction of sp³-hybridized carbons (Fsp3) is 0. The van der Waals surface area contributed by atoms with Crippen molar-refractivity contribution < 1.29 is 13.9 Å². The third-order valence-electron chi connectivity index (χ3n) is 2.20. The van der Waals surface area contributed by atoms with Gasteiger partial charge in [-0.2, -0.15) is 0 Å². The Morgan fingerprint density at radius 3 is 2.44 bits per heavy atom. The first kappa shape index (κ1) is 12.9. The number of carbonyl (C=O) groups is 1. The van der Waals surface area contributed by atoms with Crippen LogP contribution in [0.5, 0.6) is 5.75 Å². The van der Waals surface area contributed by atoms with Gasteiger partial charge in [-0.15, -0.1) is 0 Å². The SMILES string of the molecule is O=C(Oc1ccc(Cl)c(Cl)c1)c1ccccc1F. The van der Waals surface area contributed by atoms with Crippen LogP contribution >= 0.6 is 23.2 Å². The summed E-state index contributed by atoms with van der Waals surface area (Å²) in [6, 6.07) is 9.93.